The topological polar surface area (TPSA) is 0 Å². The van der Waals surface area contributed by atoms with Crippen LogP contribution in [0.5, 0.6) is 0 Å². The van der Waals surface area contributed by atoms with E-state index >= 15 is 0 Å². The van der Waals surface area contributed by atoms with E-state index in [2.05, 4.69) is 32.9 Å². The summed E-state index contributed by atoms with van der Waals surface area (Å²) < 4.78 is 15.7. The zero-order valence-electron chi connectivity index (χ0n) is 10.2. The molecule has 0 amide bonds. The highest BCUT2D eigenvalue weighted by Gasteiger charge is 2.21. The standard InChI is InChI=1S/C15H15FI/c1-10-7-11(2)15(12(3)8-10)17-14-6-4-5-13(16)9-14/h4-9H,1-3H3/q+1. The second-order valence-corrected chi connectivity index (χ2v) is 7.11. The maximum Gasteiger partial charge on any atom is 0.358 e. The van der Waals surface area contributed by atoms with Gasteiger partial charge in [0.05, 0.1) is 0 Å². The van der Waals surface area contributed by atoms with E-state index in [0.717, 1.165) is 3.57 Å². The highest BCUT2D eigenvalue weighted by Crippen LogP contribution is 2.07. The van der Waals surface area contributed by atoms with E-state index in [0.29, 0.717) is 0 Å². The summed E-state index contributed by atoms with van der Waals surface area (Å²) in [7, 11) is 0. The Morgan fingerprint density at radius 3 is 2.18 bits per heavy atom. The lowest BCUT2D eigenvalue weighted by Gasteiger charge is -2.00. The van der Waals surface area contributed by atoms with E-state index in [4.69, 9.17) is 0 Å². The van der Waals surface area contributed by atoms with Crippen molar-refractivity contribution in [1.29, 1.82) is 0 Å². The summed E-state index contributed by atoms with van der Waals surface area (Å²) in [4.78, 5) is 0. The van der Waals surface area contributed by atoms with Gasteiger partial charge in [-0.25, -0.2) is 4.39 Å². The van der Waals surface area contributed by atoms with Crippen LogP contribution in [0, 0.1) is 33.7 Å². The summed E-state index contributed by atoms with van der Waals surface area (Å²) in [6.07, 6.45) is 0. The van der Waals surface area contributed by atoms with Crippen molar-refractivity contribution >= 4 is 0 Å². The third kappa shape index (κ3) is 3.06. The molecule has 0 spiro atoms. The van der Waals surface area contributed by atoms with Crippen molar-refractivity contribution < 1.29 is 25.6 Å². The zero-order valence-corrected chi connectivity index (χ0v) is 12.4. The van der Waals surface area contributed by atoms with Crippen molar-refractivity contribution in [1.82, 2.24) is 0 Å². The average Bonchev–Trinajstić information content (AvgIpc) is 2.23. The second-order valence-electron chi connectivity index (χ2n) is 4.25. The molecule has 0 N–H and O–H groups in total. The Kier molecular flexibility index (Phi) is 3.82. The molecule has 2 rings (SSSR count). The Balaban J connectivity index is 2.36. The third-order valence-electron chi connectivity index (χ3n) is 2.57. The highest BCUT2D eigenvalue weighted by atomic mass is 127. The normalized spacial score (nSPS) is 10.6. The van der Waals surface area contributed by atoms with Crippen molar-refractivity contribution in [3.05, 3.63) is 66.0 Å². The van der Waals surface area contributed by atoms with Gasteiger partial charge in [0.1, 0.15) is 5.82 Å². The maximum absolute atomic E-state index is 13.2. The SMILES string of the molecule is Cc1cc(C)c([I+]c2cccc(F)c2)c(C)c1. The van der Waals surface area contributed by atoms with Crippen LogP contribution in [0.3, 0.4) is 0 Å². The minimum atomic E-state index is -0.284. The van der Waals surface area contributed by atoms with Crippen LogP contribution < -0.4 is 21.2 Å². The van der Waals surface area contributed by atoms with Gasteiger partial charge in [-0.15, -0.1) is 0 Å². The van der Waals surface area contributed by atoms with Crippen LogP contribution in [0.4, 0.5) is 4.39 Å². The van der Waals surface area contributed by atoms with Crippen LogP contribution in [-0.4, -0.2) is 0 Å². The molecule has 0 aromatic heterocycles. The Morgan fingerprint density at radius 1 is 0.941 bits per heavy atom. The van der Waals surface area contributed by atoms with E-state index < -0.39 is 0 Å². The lowest BCUT2D eigenvalue weighted by molar-refractivity contribution is -0.598. The summed E-state index contributed by atoms with van der Waals surface area (Å²) in [5, 5.41) is 0. The van der Waals surface area contributed by atoms with Gasteiger partial charge < -0.3 is 0 Å². The van der Waals surface area contributed by atoms with Crippen molar-refractivity contribution in [3.8, 4) is 0 Å². The first kappa shape index (κ1) is 12.6. The van der Waals surface area contributed by atoms with E-state index in [9.17, 15) is 4.39 Å². The summed E-state index contributed by atoms with van der Waals surface area (Å²) >= 11 is -0.284. The highest BCUT2D eigenvalue weighted by molar-refractivity contribution is 5.27. The van der Waals surface area contributed by atoms with Gasteiger partial charge in [0, 0.05) is 17.2 Å². The predicted molar refractivity (Wildman–Crippen MR) is 64.4 cm³/mol. The van der Waals surface area contributed by atoms with Crippen LogP contribution in [-0.2, 0) is 0 Å². The Bertz CT molecular complexity index is 523. The molecule has 2 aromatic carbocycles. The summed E-state index contributed by atoms with van der Waals surface area (Å²) in [6.45, 7) is 6.41. The summed E-state index contributed by atoms with van der Waals surface area (Å²) in [5.41, 5.74) is 3.96. The number of hydrogen-bond acceptors (Lipinski definition) is 0. The fraction of sp³-hybridized carbons (Fsp3) is 0.200. The summed E-state index contributed by atoms with van der Waals surface area (Å²) in [5.74, 6) is -0.135. The molecule has 0 radical (unpaired) electrons. The number of aryl methyl sites for hydroxylation is 3. The molecule has 0 nitrogen and oxygen atoms in total. The van der Waals surface area contributed by atoms with Crippen molar-refractivity contribution in [2.45, 2.75) is 20.8 Å². The van der Waals surface area contributed by atoms with E-state index in [1.165, 1.54) is 26.3 Å². The molecule has 2 aromatic rings. The van der Waals surface area contributed by atoms with Gasteiger partial charge in [0.2, 0.25) is 0 Å². The fourth-order valence-corrected chi connectivity index (χ4v) is 4.56. The molecule has 0 aliphatic rings. The van der Waals surface area contributed by atoms with Crippen molar-refractivity contribution in [2.75, 3.05) is 0 Å². The molecule has 2 heteroatoms. The molecule has 0 fully saturated rings. The van der Waals surface area contributed by atoms with Crippen LogP contribution in [0.1, 0.15) is 16.7 Å². The minimum Gasteiger partial charge on any atom is -0.207 e. The first-order chi connectivity index (χ1) is 8.06. The summed E-state index contributed by atoms with van der Waals surface area (Å²) in [6, 6.07) is 11.4. The number of halogens is 2. The first-order valence-electron chi connectivity index (χ1n) is 5.54. The Hall–Kier alpha value is -0.900. The van der Waals surface area contributed by atoms with Gasteiger partial charge in [-0.2, -0.15) is 0 Å². The van der Waals surface area contributed by atoms with Gasteiger partial charge >= 0.3 is 21.2 Å². The molecule has 0 heterocycles. The van der Waals surface area contributed by atoms with Crippen LogP contribution in [0.2, 0.25) is 0 Å². The third-order valence-corrected chi connectivity index (χ3v) is 6.11. The largest absolute Gasteiger partial charge is 0.358 e. The maximum atomic E-state index is 13.2. The molecule has 0 aliphatic heterocycles. The zero-order chi connectivity index (χ0) is 12.4. The van der Waals surface area contributed by atoms with Gasteiger partial charge in [-0.1, -0.05) is 23.8 Å². The molecule has 0 saturated carbocycles. The van der Waals surface area contributed by atoms with Gasteiger partial charge in [0.15, 0.2) is 7.14 Å². The van der Waals surface area contributed by atoms with Crippen LogP contribution in [0.15, 0.2) is 36.4 Å². The molecule has 0 unspecified atom stereocenters. The molecule has 0 bridgehead atoms. The fourth-order valence-electron chi connectivity index (χ4n) is 1.94. The number of hydrogen-bond donors (Lipinski definition) is 0. The molecule has 17 heavy (non-hydrogen) atoms. The molecular weight excluding hydrogens is 326 g/mol. The number of benzene rings is 2. The lowest BCUT2D eigenvalue weighted by atomic mass is 10.1. The quantitative estimate of drug-likeness (QED) is 0.712. The lowest BCUT2D eigenvalue weighted by Crippen LogP contribution is -3.62. The second kappa shape index (κ2) is 5.17. The molecule has 0 saturated heterocycles. The van der Waals surface area contributed by atoms with E-state index in [1.807, 2.05) is 6.07 Å². The molecule has 0 aliphatic carbocycles. The minimum absolute atomic E-state index is 0.135. The van der Waals surface area contributed by atoms with Gasteiger partial charge in [-0.3, -0.25) is 0 Å². The Labute approximate surface area is 112 Å². The van der Waals surface area contributed by atoms with Crippen LogP contribution >= 0.6 is 0 Å². The van der Waals surface area contributed by atoms with Crippen LogP contribution in [0.25, 0.3) is 0 Å². The van der Waals surface area contributed by atoms with E-state index in [-0.39, 0.29) is 27.0 Å². The molecule has 88 valence electrons. The van der Waals surface area contributed by atoms with E-state index in [1.54, 1.807) is 12.1 Å². The Morgan fingerprint density at radius 2 is 1.59 bits per heavy atom. The van der Waals surface area contributed by atoms with Crippen molar-refractivity contribution in [2.24, 2.45) is 0 Å². The average molecular weight is 341 g/mol. The molecular formula is C15H15FI+. The monoisotopic (exact) mass is 341 g/mol. The van der Waals surface area contributed by atoms with Gasteiger partial charge in [0.25, 0.3) is 0 Å². The first-order valence-corrected chi connectivity index (χ1v) is 7.70. The smallest absolute Gasteiger partial charge is 0.207 e. The number of rotatable bonds is 2. The molecule has 0 atom stereocenters. The predicted octanol–water partition coefficient (Wildman–Crippen LogP) is 0.879. The van der Waals surface area contributed by atoms with Gasteiger partial charge in [-0.05, 0) is 32.9 Å². The van der Waals surface area contributed by atoms with Crippen molar-refractivity contribution in [3.63, 3.8) is 0 Å².